The van der Waals surface area contributed by atoms with Crippen LogP contribution in [0.1, 0.15) is 24.3 Å². The summed E-state index contributed by atoms with van der Waals surface area (Å²) in [6.45, 7) is 3.14. The predicted octanol–water partition coefficient (Wildman–Crippen LogP) is -0.646. The minimum atomic E-state index is -3.94. The van der Waals surface area contributed by atoms with Crippen LogP contribution in [0.15, 0.2) is 17.2 Å². The second-order valence-corrected chi connectivity index (χ2v) is 5.85. The molecule has 1 unspecified atom stereocenters. The summed E-state index contributed by atoms with van der Waals surface area (Å²) in [4.78, 5) is 22.3. The fraction of sp³-hybridized carbons (Fsp3) is 0.455. The van der Waals surface area contributed by atoms with Crippen LogP contribution in [0.5, 0.6) is 0 Å². The van der Waals surface area contributed by atoms with Crippen LogP contribution in [0.4, 0.5) is 0 Å². The number of nitrogens with zero attached hydrogens (tertiary/aromatic N) is 1. The number of carbonyl (C=O) groups is 2. The van der Waals surface area contributed by atoms with Crippen molar-refractivity contribution in [1.82, 2.24) is 9.29 Å². The van der Waals surface area contributed by atoms with Crippen LogP contribution in [-0.4, -0.2) is 37.5 Å². The first-order valence-electron chi connectivity index (χ1n) is 5.84. The van der Waals surface area contributed by atoms with Gasteiger partial charge in [0.05, 0.1) is 6.61 Å². The summed E-state index contributed by atoms with van der Waals surface area (Å²) in [5, 5.41) is 0. The maximum Gasteiger partial charge on any atom is 0.323 e. The molecule has 1 heterocycles. The van der Waals surface area contributed by atoms with E-state index in [2.05, 4.69) is 4.72 Å². The quantitative estimate of drug-likeness (QED) is 0.677. The van der Waals surface area contributed by atoms with Crippen LogP contribution in [-0.2, 0) is 26.6 Å². The second kappa shape index (κ2) is 6.06. The SMILES string of the molecule is CCOC(=O)C(C)NS(=O)(=O)c1cc(C(N)=O)n(C)c1. The molecule has 0 aromatic carbocycles. The molecule has 8 nitrogen and oxygen atoms in total. The summed E-state index contributed by atoms with van der Waals surface area (Å²) < 4.78 is 32.3. The van der Waals surface area contributed by atoms with E-state index in [1.807, 2.05) is 0 Å². The normalized spacial score (nSPS) is 12.9. The van der Waals surface area contributed by atoms with Crippen molar-refractivity contribution in [3.63, 3.8) is 0 Å². The monoisotopic (exact) mass is 303 g/mol. The van der Waals surface area contributed by atoms with E-state index in [-0.39, 0.29) is 17.2 Å². The highest BCUT2D eigenvalue weighted by molar-refractivity contribution is 7.89. The number of aryl methyl sites for hydroxylation is 1. The minimum Gasteiger partial charge on any atom is -0.465 e. The molecule has 1 rings (SSSR count). The molecule has 0 spiro atoms. The first kappa shape index (κ1) is 16.2. The van der Waals surface area contributed by atoms with Crippen molar-refractivity contribution >= 4 is 21.9 Å². The maximum absolute atomic E-state index is 12.1. The molecule has 0 aliphatic heterocycles. The van der Waals surface area contributed by atoms with Crippen LogP contribution in [0.2, 0.25) is 0 Å². The lowest BCUT2D eigenvalue weighted by Gasteiger charge is -2.12. The molecule has 20 heavy (non-hydrogen) atoms. The Morgan fingerprint density at radius 1 is 1.50 bits per heavy atom. The molecular formula is C11H17N3O5S. The highest BCUT2D eigenvalue weighted by Crippen LogP contribution is 2.13. The number of ether oxygens (including phenoxy) is 1. The van der Waals surface area contributed by atoms with Gasteiger partial charge in [-0.25, -0.2) is 8.42 Å². The zero-order valence-electron chi connectivity index (χ0n) is 11.4. The lowest BCUT2D eigenvalue weighted by Crippen LogP contribution is -2.39. The highest BCUT2D eigenvalue weighted by atomic mass is 32.2. The molecule has 0 fully saturated rings. The van der Waals surface area contributed by atoms with Gasteiger partial charge in [-0.3, -0.25) is 9.59 Å². The van der Waals surface area contributed by atoms with Gasteiger partial charge in [0.25, 0.3) is 5.91 Å². The molecule has 0 radical (unpaired) electrons. The number of sulfonamides is 1. The van der Waals surface area contributed by atoms with Crippen LogP contribution in [0.25, 0.3) is 0 Å². The Kier molecular flexibility index (Phi) is 4.90. The van der Waals surface area contributed by atoms with Crippen molar-refractivity contribution in [3.8, 4) is 0 Å². The van der Waals surface area contributed by atoms with Gasteiger partial charge in [0.1, 0.15) is 16.6 Å². The Morgan fingerprint density at radius 3 is 2.55 bits per heavy atom. The zero-order chi connectivity index (χ0) is 15.5. The molecular weight excluding hydrogens is 286 g/mol. The second-order valence-electron chi connectivity index (χ2n) is 4.13. The van der Waals surface area contributed by atoms with Crippen LogP contribution in [0.3, 0.4) is 0 Å². The van der Waals surface area contributed by atoms with Crippen molar-refractivity contribution in [2.75, 3.05) is 6.61 Å². The standard InChI is InChI=1S/C11H17N3O5S/c1-4-19-11(16)7(2)13-20(17,18)8-5-9(10(12)15)14(3)6-8/h5-7,13H,4H2,1-3H3,(H2,12,15). The smallest absolute Gasteiger partial charge is 0.323 e. The first-order chi connectivity index (χ1) is 9.19. The third-order valence-corrected chi connectivity index (χ3v) is 4.02. The minimum absolute atomic E-state index is 0.0502. The number of rotatable bonds is 6. The summed E-state index contributed by atoms with van der Waals surface area (Å²) >= 11 is 0. The molecule has 1 amide bonds. The Morgan fingerprint density at radius 2 is 2.10 bits per heavy atom. The number of hydrogen-bond donors (Lipinski definition) is 2. The van der Waals surface area contributed by atoms with E-state index >= 15 is 0 Å². The summed E-state index contributed by atoms with van der Waals surface area (Å²) in [5.74, 6) is -1.42. The van der Waals surface area contributed by atoms with Crippen molar-refractivity contribution in [1.29, 1.82) is 0 Å². The van der Waals surface area contributed by atoms with E-state index in [1.165, 1.54) is 24.7 Å². The number of nitrogens with one attached hydrogen (secondary N) is 1. The number of nitrogens with two attached hydrogens (primary N) is 1. The Hall–Kier alpha value is -1.87. The number of aromatic nitrogens is 1. The van der Waals surface area contributed by atoms with Gasteiger partial charge in [-0.1, -0.05) is 0 Å². The Labute approximate surface area is 116 Å². The maximum atomic E-state index is 12.1. The van der Waals surface area contributed by atoms with E-state index in [4.69, 9.17) is 10.5 Å². The third kappa shape index (κ3) is 3.58. The van der Waals surface area contributed by atoms with Crippen molar-refractivity contribution < 1.29 is 22.7 Å². The molecule has 1 aromatic rings. The van der Waals surface area contributed by atoms with Crippen molar-refractivity contribution in [2.45, 2.75) is 24.8 Å². The topological polar surface area (TPSA) is 120 Å². The van der Waals surface area contributed by atoms with Crippen LogP contribution in [0, 0.1) is 0 Å². The zero-order valence-corrected chi connectivity index (χ0v) is 12.2. The number of carbonyl (C=O) groups excluding carboxylic acids is 2. The van der Waals surface area contributed by atoms with E-state index in [0.29, 0.717) is 0 Å². The van der Waals surface area contributed by atoms with E-state index < -0.39 is 27.9 Å². The molecule has 0 saturated heterocycles. The number of esters is 1. The van der Waals surface area contributed by atoms with E-state index in [1.54, 1.807) is 6.92 Å². The number of primary amides is 1. The molecule has 0 bridgehead atoms. The fourth-order valence-electron chi connectivity index (χ4n) is 1.54. The number of amides is 1. The fourth-order valence-corrected chi connectivity index (χ4v) is 2.80. The lowest BCUT2D eigenvalue weighted by molar-refractivity contribution is -0.144. The van der Waals surface area contributed by atoms with Gasteiger partial charge >= 0.3 is 5.97 Å². The number of hydrogen-bond acceptors (Lipinski definition) is 5. The van der Waals surface area contributed by atoms with Crippen molar-refractivity contribution in [2.24, 2.45) is 12.8 Å². The van der Waals surface area contributed by atoms with Crippen LogP contribution < -0.4 is 10.5 Å². The largest absolute Gasteiger partial charge is 0.465 e. The van der Waals surface area contributed by atoms with Crippen LogP contribution >= 0.6 is 0 Å². The van der Waals surface area contributed by atoms with Gasteiger partial charge in [0.15, 0.2) is 0 Å². The Bertz CT molecular complexity index is 620. The molecule has 9 heteroatoms. The van der Waals surface area contributed by atoms with Gasteiger partial charge < -0.3 is 15.0 Å². The van der Waals surface area contributed by atoms with E-state index in [0.717, 1.165) is 6.07 Å². The molecule has 1 atom stereocenters. The summed E-state index contributed by atoms with van der Waals surface area (Å²) in [5.41, 5.74) is 5.16. The Balaban J connectivity index is 2.97. The molecule has 1 aromatic heterocycles. The predicted molar refractivity (Wildman–Crippen MR) is 70.3 cm³/mol. The summed E-state index contributed by atoms with van der Waals surface area (Å²) in [6.07, 6.45) is 1.24. The summed E-state index contributed by atoms with van der Waals surface area (Å²) in [7, 11) is -2.44. The first-order valence-corrected chi connectivity index (χ1v) is 7.32. The lowest BCUT2D eigenvalue weighted by atomic mass is 10.4. The highest BCUT2D eigenvalue weighted by Gasteiger charge is 2.25. The van der Waals surface area contributed by atoms with Gasteiger partial charge in [-0.05, 0) is 19.9 Å². The van der Waals surface area contributed by atoms with Gasteiger partial charge in [-0.15, -0.1) is 0 Å². The summed E-state index contributed by atoms with van der Waals surface area (Å²) in [6, 6.07) is 0.111. The molecule has 0 saturated carbocycles. The van der Waals surface area contributed by atoms with Gasteiger partial charge in [-0.2, -0.15) is 4.72 Å². The van der Waals surface area contributed by atoms with Crippen molar-refractivity contribution in [3.05, 3.63) is 18.0 Å². The molecule has 3 N–H and O–H groups in total. The average molecular weight is 303 g/mol. The third-order valence-electron chi connectivity index (χ3n) is 2.51. The molecule has 0 aliphatic carbocycles. The molecule has 0 aliphatic rings. The van der Waals surface area contributed by atoms with E-state index in [9.17, 15) is 18.0 Å². The average Bonchev–Trinajstić information content (AvgIpc) is 2.72. The van der Waals surface area contributed by atoms with Gasteiger partial charge in [0.2, 0.25) is 10.0 Å². The van der Waals surface area contributed by atoms with Gasteiger partial charge in [0, 0.05) is 13.2 Å². The molecule has 112 valence electrons.